The number of aromatic nitrogens is 1. The van der Waals surface area contributed by atoms with E-state index in [0.29, 0.717) is 6.42 Å². The molecule has 0 saturated carbocycles. The van der Waals surface area contributed by atoms with Gasteiger partial charge in [0, 0.05) is 61.3 Å². The first kappa shape index (κ1) is 20.4. The van der Waals surface area contributed by atoms with Crippen molar-refractivity contribution in [1.82, 2.24) is 9.88 Å². The molecule has 2 heterocycles. The number of hydrogen-bond acceptors (Lipinski definition) is 2. The SMILES string of the molecule is Cc1ccccc1N1CCN(C(=O)CC(c2ccccc2)c2c[nH]c3ccccc23)CC1. The highest BCUT2D eigenvalue weighted by Gasteiger charge is 2.27. The number of aryl methyl sites for hydroxylation is 1. The van der Waals surface area contributed by atoms with Crippen LogP contribution in [0.25, 0.3) is 10.9 Å². The predicted octanol–water partition coefficient (Wildman–Crippen LogP) is 5.35. The maximum atomic E-state index is 13.4. The normalized spacial score (nSPS) is 15.2. The number of nitrogens with zero attached hydrogens (tertiary/aromatic N) is 2. The van der Waals surface area contributed by atoms with Gasteiger partial charge in [-0.15, -0.1) is 0 Å². The topological polar surface area (TPSA) is 39.3 Å². The number of fused-ring (bicyclic) bond motifs is 1. The fraction of sp³-hybridized carbons (Fsp3) is 0.250. The zero-order chi connectivity index (χ0) is 21.9. The van der Waals surface area contributed by atoms with Crippen LogP contribution in [0.3, 0.4) is 0 Å². The van der Waals surface area contributed by atoms with Crippen LogP contribution in [-0.2, 0) is 4.79 Å². The van der Waals surface area contributed by atoms with Crippen molar-refractivity contribution in [3.63, 3.8) is 0 Å². The molecule has 4 aromatic rings. The van der Waals surface area contributed by atoms with Crippen LogP contribution in [0.5, 0.6) is 0 Å². The predicted molar refractivity (Wildman–Crippen MR) is 131 cm³/mol. The molecule has 1 unspecified atom stereocenters. The van der Waals surface area contributed by atoms with Crippen LogP contribution in [0.4, 0.5) is 5.69 Å². The number of rotatable bonds is 5. The molecule has 1 aliphatic heterocycles. The third-order valence-corrected chi connectivity index (χ3v) is 6.67. The molecule has 1 saturated heterocycles. The minimum absolute atomic E-state index is 0.0363. The van der Waals surface area contributed by atoms with Gasteiger partial charge in [-0.2, -0.15) is 0 Å². The van der Waals surface area contributed by atoms with E-state index in [0.717, 1.165) is 31.7 Å². The first-order valence-electron chi connectivity index (χ1n) is 11.4. The van der Waals surface area contributed by atoms with Gasteiger partial charge in [0.15, 0.2) is 0 Å². The molecular weight excluding hydrogens is 394 g/mol. The third kappa shape index (κ3) is 4.01. The molecule has 0 aliphatic carbocycles. The molecule has 0 spiro atoms. The average Bonchev–Trinajstić information content (AvgIpc) is 3.27. The molecule has 32 heavy (non-hydrogen) atoms. The van der Waals surface area contributed by atoms with E-state index in [1.807, 2.05) is 17.0 Å². The summed E-state index contributed by atoms with van der Waals surface area (Å²) in [5.74, 6) is 0.266. The second-order valence-electron chi connectivity index (χ2n) is 8.61. The summed E-state index contributed by atoms with van der Waals surface area (Å²) in [6, 6.07) is 27.2. The van der Waals surface area contributed by atoms with Crippen molar-refractivity contribution in [2.24, 2.45) is 0 Å². The molecule has 0 bridgehead atoms. The molecule has 1 aliphatic rings. The van der Waals surface area contributed by atoms with E-state index in [4.69, 9.17) is 0 Å². The van der Waals surface area contributed by atoms with Crippen molar-refractivity contribution in [1.29, 1.82) is 0 Å². The Hall–Kier alpha value is -3.53. The first-order chi connectivity index (χ1) is 15.7. The molecule has 3 aromatic carbocycles. The summed E-state index contributed by atoms with van der Waals surface area (Å²) in [6.07, 6.45) is 2.56. The molecule has 1 fully saturated rings. The summed E-state index contributed by atoms with van der Waals surface area (Å²) in [6.45, 7) is 5.43. The Balaban J connectivity index is 1.34. The zero-order valence-corrected chi connectivity index (χ0v) is 18.5. The molecule has 4 heteroatoms. The maximum absolute atomic E-state index is 13.4. The summed E-state index contributed by atoms with van der Waals surface area (Å²) in [4.78, 5) is 21.2. The minimum Gasteiger partial charge on any atom is -0.368 e. The summed E-state index contributed by atoms with van der Waals surface area (Å²) >= 11 is 0. The van der Waals surface area contributed by atoms with Crippen molar-refractivity contribution in [3.8, 4) is 0 Å². The highest BCUT2D eigenvalue weighted by atomic mass is 16.2. The number of anilines is 1. The van der Waals surface area contributed by atoms with Crippen LogP contribution >= 0.6 is 0 Å². The van der Waals surface area contributed by atoms with Crippen molar-refractivity contribution in [2.75, 3.05) is 31.1 Å². The lowest BCUT2D eigenvalue weighted by Gasteiger charge is -2.37. The Morgan fingerprint density at radius 1 is 0.875 bits per heavy atom. The molecule has 1 aromatic heterocycles. The van der Waals surface area contributed by atoms with E-state index in [9.17, 15) is 4.79 Å². The highest BCUT2D eigenvalue weighted by Crippen LogP contribution is 2.34. The van der Waals surface area contributed by atoms with Crippen molar-refractivity contribution in [3.05, 3.63) is 102 Å². The van der Waals surface area contributed by atoms with E-state index in [2.05, 4.69) is 89.7 Å². The summed E-state index contributed by atoms with van der Waals surface area (Å²) in [5.41, 5.74) is 6.06. The number of carbonyl (C=O) groups excluding carboxylic acids is 1. The van der Waals surface area contributed by atoms with E-state index in [1.165, 1.54) is 27.8 Å². The number of nitrogens with one attached hydrogen (secondary N) is 1. The molecule has 5 rings (SSSR count). The molecule has 1 N–H and O–H groups in total. The number of carbonyl (C=O) groups is 1. The number of aromatic amines is 1. The Morgan fingerprint density at radius 2 is 1.56 bits per heavy atom. The van der Waals surface area contributed by atoms with Gasteiger partial charge < -0.3 is 14.8 Å². The van der Waals surface area contributed by atoms with Gasteiger partial charge in [0.2, 0.25) is 5.91 Å². The van der Waals surface area contributed by atoms with Crippen molar-refractivity contribution >= 4 is 22.5 Å². The van der Waals surface area contributed by atoms with Crippen LogP contribution in [-0.4, -0.2) is 42.0 Å². The van der Waals surface area contributed by atoms with E-state index in [-0.39, 0.29) is 11.8 Å². The smallest absolute Gasteiger partial charge is 0.223 e. The highest BCUT2D eigenvalue weighted by molar-refractivity contribution is 5.86. The number of amides is 1. The van der Waals surface area contributed by atoms with Crippen LogP contribution in [0.15, 0.2) is 85.1 Å². The van der Waals surface area contributed by atoms with Gasteiger partial charge in [-0.1, -0.05) is 66.7 Å². The Kier molecular flexibility index (Phi) is 5.68. The molecular formula is C28H29N3O. The van der Waals surface area contributed by atoms with Gasteiger partial charge in [0.05, 0.1) is 0 Å². The lowest BCUT2D eigenvalue weighted by atomic mass is 9.87. The van der Waals surface area contributed by atoms with Crippen LogP contribution in [0.1, 0.15) is 29.0 Å². The van der Waals surface area contributed by atoms with Gasteiger partial charge in [0.1, 0.15) is 0 Å². The van der Waals surface area contributed by atoms with Gasteiger partial charge in [-0.05, 0) is 35.7 Å². The van der Waals surface area contributed by atoms with Crippen molar-refractivity contribution < 1.29 is 4.79 Å². The van der Waals surface area contributed by atoms with E-state index in [1.54, 1.807) is 0 Å². The number of H-pyrrole nitrogens is 1. The van der Waals surface area contributed by atoms with Gasteiger partial charge in [0.25, 0.3) is 0 Å². The lowest BCUT2D eigenvalue weighted by molar-refractivity contribution is -0.131. The second-order valence-corrected chi connectivity index (χ2v) is 8.61. The van der Waals surface area contributed by atoms with E-state index >= 15 is 0 Å². The number of piperazine rings is 1. The Bertz CT molecular complexity index is 1210. The lowest BCUT2D eigenvalue weighted by Crippen LogP contribution is -2.49. The summed E-state index contributed by atoms with van der Waals surface area (Å²) in [5, 5.41) is 1.19. The second kappa shape index (κ2) is 8.91. The molecule has 0 radical (unpaired) electrons. The molecule has 1 amide bonds. The molecule has 1 atom stereocenters. The van der Waals surface area contributed by atoms with Crippen LogP contribution in [0.2, 0.25) is 0 Å². The number of benzene rings is 3. The fourth-order valence-corrected chi connectivity index (χ4v) is 4.89. The van der Waals surface area contributed by atoms with Crippen LogP contribution in [0, 0.1) is 6.92 Å². The summed E-state index contributed by atoms with van der Waals surface area (Å²) < 4.78 is 0. The third-order valence-electron chi connectivity index (χ3n) is 6.67. The minimum atomic E-state index is 0.0363. The quantitative estimate of drug-likeness (QED) is 0.470. The van der Waals surface area contributed by atoms with Gasteiger partial charge >= 0.3 is 0 Å². The monoisotopic (exact) mass is 423 g/mol. The largest absolute Gasteiger partial charge is 0.368 e. The maximum Gasteiger partial charge on any atom is 0.223 e. The van der Waals surface area contributed by atoms with Gasteiger partial charge in [-0.3, -0.25) is 4.79 Å². The van der Waals surface area contributed by atoms with Crippen molar-refractivity contribution in [2.45, 2.75) is 19.3 Å². The number of para-hydroxylation sites is 2. The molecule has 4 nitrogen and oxygen atoms in total. The molecule has 162 valence electrons. The Morgan fingerprint density at radius 3 is 2.34 bits per heavy atom. The zero-order valence-electron chi connectivity index (χ0n) is 18.5. The summed E-state index contributed by atoms with van der Waals surface area (Å²) in [7, 11) is 0. The number of hydrogen-bond donors (Lipinski definition) is 1. The standard InChI is InChI=1S/C28H29N3O/c1-21-9-5-8-14-27(21)30-15-17-31(18-16-30)28(32)19-24(22-10-3-2-4-11-22)25-20-29-26-13-7-6-12-23(25)26/h2-14,20,24,29H,15-19H2,1H3. The van der Waals surface area contributed by atoms with Gasteiger partial charge in [-0.25, -0.2) is 0 Å². The van der Waals surface area contributed by atoms with Crippen LogP contribution < -0.4 is 4.90 Å². The Labute approximate surface area is 189 Å². The fourth-order valence-electron chi connectivity index (χ4n) is 4.89. The first-order valence-corrected chi connectivity index (χ1v) is 11.4. The average molecular weight is 424 g/mol. The van der Waals surface area contributed by atoms with E-state index < -0.39 is 0 Å².